The Morgan fingerprint density at radius 3 is 1.30 bits per heavy atom. The summed E-state index contributed by atoms with van der Waals surface area (Å²) in [4.78, 5) is 2.62. The highest BCUT2D eigenvalue weighted by atomic mass is 16.5. The standard InChI is InChI=1S/C44H85NO2/c1-3-5-7-9-11-13-15-17-19-21-23-25-27-29-31-35-41-46-43-44(37-40-45-38-33-34-39-45)47-42-36-32-30-28-26-24-22-20-18-16-14-12-10-8-6-4-2/h17-20,44H,3-16,21-43H2,1-2H3/b19-17+,20-18+. The van der Waals surface area contributed by atoms with E-state index in [4.69, 9.17) is 9.47 Å². The minimum atomic E-state index is 0.271. The lowest BCUT2D eigenvalue weighted by molar-refractivity contribution is -0.0255. The van der Waals surface area contributed by atoms with Gasteiger partial charge in [0.1, 0.15) is 0 Å². The van der Waals surface area contributed by atoms with E-state index in [-0.39, 0.29) is 6.10 Å². The summed E-state index contributed by atoms with van der Waals surface area (Å²) in [5.41, 5.74) is 0. The van der Waals surface area contributed by atoms with Crippen LogP contribution in [0, 0.1) is 0 Å². The maximum absolute atomic E-state index is 6.39. The molecule has 1 heterocycles. The molecule has 1 aliphatic rings. The summed E-state index contributed by atoms with van der Waals surface area (Å²) in [5.74, 6) is 0. The van der Waals surface area contributed by atoms with Crippen LogP contribution in [0.15, 0.2) is 24.3 Å². The number of nitrogens with zero attached hydrogens (tertiary/aromatic N) is 1. The molecular formula is C44H85NO2. The molecule has 278 valence electrons. The lowest BCUT2D eigenvalue weighted by Gasteiger charge is -2.22. The summed E-state index contributed by atoms with van der Waals surface area (Å²) in [6, 6.07) is 0. The molecular weight excluding hydrogens is 574 g/mol. The van der Waals surface area contributed by atoms with Crippen LogP contribution in [0.2, 0.25) is 0 Å². The van der Waals surface area contributed by atoms with Gasteiger partial charge in [0.15, 0.2) is 0 Å². The van der Waals surface area contributed by atoms with Crippen LogP contribution in [0.5, 0.6) is 0 Å². The second kappa shape index (κ2) is 38.2. The van der Waals surface area contributed by atoms with Gasteiger partial charge in [0, 0.05) is 19.8 Å². The monoisotopic (exact) mass is 660 g/mol. The van der Waals surface area contributed by atoms with Crippen molar-refractivity contribution in [3.8, 4) is 0 Å². The van der Waals surface area contributed by atoms with Crippen molar-refractivity contribution in [1.82, 2.24) is 4.90 Å². The molecule has 1 aliphatic heterocycles. The van der Waals surface area contributed by atoms with E-state index >= 15 is 0 Å². The van der Waals surface area contributed by atoms with Crippen molar-refractivity contribution in [3.05, 3.63) is 24.3 Å². The van der Waals surface area contributed by atoms with E-state index in [9.17, 15) is 0 Å². The quantitative estimate of drug-likeness (QED) is 0.0486. The highest BCUT2D eigenvalue weighted by molar-refractivity contribution is 4.82. The summed E-state index contributed by atoms with van der Waals surface area (Å²) < 4.78 is 12.5. The molecule has 0 aliphatic carbocycles. The van der Waals surface area contributed by atoms with Gasteiger partial charge >= 0.3 is 0 Å². The topological polar surface area (TPSA) is 21.7 Å². The third-order valence-electron chi connectivity index (χ3n) is 10.1. The van der Waals surface area contributed by atoms with Gasteiger partial charge in [0.2, 0.25) is 0 Å². The fraction of sp³-hybridized carbons (Fsp3) is 0.909. The van der Waals surface area contributed by atoms with Crippen LogP contribution in [-0.4, -0.2) is 50.5 Å². The zero-order valence-corrected chi connectivity index (χ0v) is 32.3. The van der Waals surface area contributed by atoms with Gasteiger partial charge in [-0.05, 0) is 96.6 Å². The zero-order chi connectivity index (χ0) is 33.6. The summed E-state index contributed by atoms with van der Waals surface area (Å²) in [5, 5.41) is 0. The van der Waals surface area contributed by atoms with Gasteiger partial charge in [-0.2, -0.15) is 0 Å². The Bertz CT molecular complexity index is 641. The molecule has 0 spiro atoms. The Labute approximate surface area is 296 Å². The molecule has 0 aromatic rings. The van der Waals surface area contributed by atoms with Crippen LogP contribution in [0.25, 0.3) is 0 Å². The highest BCUT2D eigenvalue weighted by Gasteiger charge is 2.15. The van der Waals surface area contributed by atoms with Gasteiger partial charge in [-0.3, -0.25) is 0 Å². The van der Waals surface area contributed by atoms with Crippen LogP contribution in [0.4, 0.5) is 0 Å². The highest BCUT2D eigenvalue weighted by Crippen LogP contribution is 2.14. The van der Waals surface area contributed by atoms with Gasteiger partial charge < -0.3 is 14.4 Å². The Morgan fingerprint density at radius 2 is 0.851 bits per heavy atom. The molecule has 1 fully saturated rings. The Hall–Kier alpha value is -0.640. The lowest BCUT2D eigenvalue weighted by atomic mass is 10.1. The molecule has 0 aromatic carbocycles. The van der Waals surface area contributed by atoms with Gasteiger partial charge in [0.05, 0.1) is 12.7 Å². The molecule has 1 rings (SSSR count). The second-order valence-electron chi connectivity index (χ2n) is 14.8. The number of unbranched alkanes of at least 4 members (excludes halogenated alkanes) is 24. The third kappa shape index (κ3) is 33.6. The molecule has 1 atom stereocenters. The summed E-state index contributed by atoms with van der Waals surface area (Å²) >= 11 is 0. The third-order valence-corrected chi connectivity index (χ3v) is 10.1. The first-order valence-electron chi connectivity index (χ1n) is 21.6. The van der Waals surface area contributed by atoms with Crippen LogP contribution < -0.4 is 0 Å². The van der Waals surface area contributed by atoms with E-state index in [1.165, 1.54) is 212 Å². The molecule has 3 heteroatoms. The zero-order valence-electron chi connectivity index (χ0n) is 32.3. The molecule has 1 saturated heterocycles. The average Bonchev–Trinajstić information content (AvgIpc) is 3.61. The van der Waals surface area contributed by atoms with Crippen molar-refractivity contribution < 1.29 is 9.47 Å². The van der Waals surface area contributed by atoms with Crippen molar-refractivity contribution in [2.45, 2.75) is 219 Å². The molecule has 0 amide bonds. The number of ether oxygens (including phenoxy) is 2. The predicted octanol–water partition coefficient (Wildman–Crippen LogP) is 13.9. The number of hydrogen-bond acceptors (Lipinski definition) is 3. The Balaban J connectivity index is 1.96. The molecule has 47 heavy (non-hydrogen) atoms. The largest absolute Gasteiger partial charge is 0.379 e. The van der Waals surface area contributed by atoms with Crippen molar-refractivity contribution in [3.63, 3.8) is 0 Å². The first-order chi connectivity index (χ1) is 23.4. The first-order valence-corrected chi connectivity index (χ1v) is 21.6. The van der Waals surface area contributed by atoms with E-state index in [1.807, 2.05) is 0 Å². The van der Waals surface area contributed by atoms with Gasteiger partial charge in [0.25, 0.3) is 0 Å². The number of rotatable bonds is 38. The fourth-order valence-electron chi connectivity index (χ4n) is 6.81. The van der Waals surface area contributed by atoms with Crippen LogP contribution >= 0.6 is 0 Å². The lowest BCUT2D eigenvalue weighted by Crippen LogP contribution is -2.28. The molecule has 0 radical (unpaired) electrons. The van der Waals surface area contributed by atoms with Crippen molar-refractivity contribution >= 4 is 0 Å². The Kier molecular flexibility index (Phi) is 36.0. The summed E-state index contributed by atoms with van der Waals surface area (Å²) in [6.45, 7) is 10.9. The molecule has 3 nitrogen and oxygen atoms in total. The van der Waals surface area contributed by atoms with Gasteiger partial charge in [-0.15, -0.1) is 0 Å². The summed E-state index contributed by atoms with van der Waals surface area (Å²) in [7, 11) is 0. The predicted molar refractivity (Wildman–Crippen MR) is 210 cm³/mol. The normalized spacial score (nSPS) is 14.8. The molecule has 0 saturated carbocycles. The molecule has 0 N–H and O–H groups in total. The van der Waals surface area contributed by atoms with E-state index < -0.39 is 0 Å². The fourth-order valence-corrected chi connectivity index (χ4v) is 6.81. The smallest absolute Gasteiger partial charge is 0.0820 e. The minimum absolute atomic E-state index is 0.271. The Morgan fingerprint density at radius 1 is 0.468 bits per heavy atom. The van der Waals surface area contributed by atoms with Gasteiger partial charge in [-0.25, -0.2) is 0 Å². The SMILES string of the molecule is CCCCCCCC/C=C/CCCCCCCCOCC(CCN1CCCC1)OCCCCCCCC/C=C/CCCCCCCC. The number of hydrogen-bond donors (Lipinski definition) is 0. The van der Waals surface area contributed by atoms with E-state index in [1.54, 1.807) is 0 Å². The van der Waals surface area contributed by atoms with Crippen LogP contribution in [0.1, 0.15) is 213 Å². The van der Waals surface area contributed by atoms with Crippen molar-refractivity contribution in [1.29, 1.82) is 0 Å². The molecule has 0 bridgehead atoms. The number of likely N-dealkylation sites (tertiary alicyclic amines) is 1. The molecule has 0 aromatic heterocycles. The van der Waals surface area contributed by atoms with Crippen LogP contribution in [0.3, 0.4) is 0 Å². The average molecular weight is 660 g/mol. The van der Waals surface area contributed by atoms with E-state index in [0.29, 0.717) is 0 Å². The maximum Gasteiger partial charge on any atom is 0.0820 e. The van der Waals surface area contributed by atoms with Crippen LogP contribution in [-0.2, 0) is 9.47 Å². The van der Waals surface area contributed by atoms with Crippen molar-refractivity contribution in [2.24, 2.45) is 0 Å². The first kappa shape index (κ1) is 44.4. The second-order valence-corrected chi connectivity index (χ2v) is 14.8. The van der Waals surface area contributed by atoms with E-state index in [2.05, 4.69) is 43.1 Å². The summed E-state index contributed by atoms with van der Waals surface area (Å²) in [6.07, 6.45) is 51.8. The molecule has 1 unspecified atom stereocenters. The maximum atomic E-state index is 6.39. The van der Waals surface area contributed by atoms with Gasteiger partial charge in [-0.1, -0.05) is 154 Å². The number of allylic oxidation sites excluding steroid dienone is 4. The van der Waals surface area contributed by atoms with E-state index in [0.717, 1.165) is 26.2 Å². The van der Waals surface area contributed by atoms with Crippen molar-refractivity contribution in [2.75, 3.05) is 39.5 Å². The minimum Gasteiger partial charge on any atom is -0.379 e.